The molecule has 3 nitrogen and oxygen atoms in total. The van der Waals surface area contributed by atoms with E-state index in [1.54, 1.807) is 0 Å². The summed E-state index contributed by atoms with van der Waals surface area (Å²) in [5.74, 6) is 0.774. The molecule has 1 atom stereocenters. The first-order valence-electron chi connectivity index (χ1n) is 6.55. The molecule has 0 bridgehead atoms. The summed E-state index contributed by atoms with van der Waals surface area (Å²) in [6.07, 6.45) is 2.39. The van der Waals surface area contributed by atoms with E-state index in [0.29, 0.717) is 12.6 Å². The number of rotatable bonds is 11. The summed E-state index contributed by atoms with van der Waals surface area (Å²) in [5.41, 5.74) is 0. The summed E-state index contributed by atoms with van der Waals surface area (Å²) in [7, 11) is 0. The van der Waals surface area contributed by atoms with Crippen LogP contribution in [0.3, 0.4) is 0 Å². The van der Waals surface area contributed by atoms with Gasteiger partial charge in [0.2, 0.25) is 0 Å². The van der Waals surface area contributed by atoms with Crippen molar-refractivity contribution in [3.8, 4) is 0 Å². The SMILES string of the molecule is CCC(C)CCOCCOCCNC(C)C. The van der Waals surface area contributed by atoms with E-state index < -0.39 is 0 Å². The van der Waals surface area contributed by atoms with Crippen LogP contribution in [0, 0.1) is 5.92 Å². The second-order valence-electron chi connectivity index (χ2n) is 4.64. The molecule has 0 fully saturated rings. The first kappa shape index (κ1) is 15.9. The van der Waals surface area contributed by atoms with Crippen molar-refractivity contribution in [2.75, 3.05) is 33.0 Å². The lowest BCUT2D eigenvalue weighted by Crippen LogP contribution is -2.27. The summed E-state index contributed by atoms with van der Waals surface area (Å²) < 4.78 is 10.9. The second kappa shape index (κ2) is 11.4. The topological polar surface area (TPSA) is 30.5 Å². The molecule has 0 aromatic rings. The van der Waals surface area contributed by atoms with E-state index in [-0.39, 0.29) is 0 Å². The molecule has 0 rings (SSSR count). The lowest BCUT2D eigenvalue weighted by atomic mass is 10.1. The third-order valence-electron chi connectivity index (χ3n) is 2.62. The maximum Gasteiger partial charge on any atom is 0.0701 e. The molecule has 1 N–H and O–H groups in total. The molecule has 0 radical (unpaired) electrons. The van der Waals surface area contributed by atoms with Crippen molar-refractivity contribution in [1.29, 1.82) is 0 Å². The van der Waals surface area contributed by atoms with Crippen molar-refractivity contribution >= 4 is 0 Å². The van der Waals surface area contributed by atoms with Crippen LogP contribution in [0.25, 0.3) is 0 Å². The number of nitrogens with one attached hydrogen (secondary N) is 1. The Kier molecular flexibility index (Phi) is 11.3. The number of hydrogen-bond donors (Lipinski definition) is 1. The summed E-state index contributed by atoms with van der Waals surface area (Å²) >= 11 is 0. The zero-order valence-electron chi connectivity index (χ0n) is 11.4. The molecular weight excluding hydrogens is 202 g/mol. The quantitative estimate of drug-likeness (QED) is 0.554. The minimum atomic E-state index is 0.537. The van der Waals surface area contributed by atoms with Crippen LogP contribution in [-0.4, -0.2) is 39.0 Å². The van der Waals surface area contributed by atoms with Crippen LogP contribution in [0.4, 0.5) is 0 Å². The average Bonchev–Trinajstić information content (AvgIpc) is 2.26. The third kappa shape index (κ3) is 12.0. The van der Waals surface area contributed by atoms with Crippen molar-refractivity contribution in [3.63, 3.8) is 0 Å². The molecule has 0 saturated carbocycles. The molecule has 0 aliphatic rings. The van der Waals surface area contributed by atoms with Gasteiger partial charge in [-0.3, -0.25) is 0 Å². The fraction of sp³-hybridized carbons (Fsp3) is 1.00. The van der Waals surface area contributed by atoms with Crippen molar-refractivity contribution in [2.45, 2.75) is 46.6 Å². The highest BCUT2D eigenvalue weighted by Gasteiger charge is 1.98. The molecule has 0 aliphatic heterocycles. The molecule has 98 valence electrons. The van der Waals surface area contributed by atoms with Crippen molar-refractivity contribution in [3.05, 3.63) is 0 Å². The molecule has 16 heavy (non-hydrogen) atoms. The highest BCUT2D eigenvalue weighted by Crippen LogP contribution is 2.05. The van der Waals surface area contributed by atoms with Gasteiger partial charge in [0, 0.05) is 19.2 Å². The van der Waals surface area contributed by atoms with Crippen LogP contribution in [0.15, 0.2) is 0 Å². The lowest BCUT2D eigenvalue weighted by molar-refractivity contribution is 0.0440. The molecule has 0 saturated heterocycles. The minimum Gasteiger partial charge on any atom is -0.379 e. The van der Waals surface area contributed by atoms with E-state index in [1.165, 1.54) is 6.42 Å². The lowest BCUT2D eigenvalue weighted by Gasteiger charge is -2.10. The Labute approximate surface area is 101 Å². The highest BCUT2D eigenvalue weighted by molar-refractivity contribution is 4.51. The maximum atomic E-state index is 5.49. The van der Waals surface area contributed by atoms with E-state index >= 15 is 0 Å². The van der Waals surface area contributed by atoms with Gasteiger partial charge in [-0.15, -0.1) is 0 Å². The Morgan fingerprint density at radius 3 is 2.12 bits per heavy atom. The molecule has 0 spiro atoms. The van der Waals surface area contributed by atoms with Gasteiger partial charge in [0.1, 0.15) is 0 Å². The molecule has 0 heterocycles. The summed E-state index contributed by atoms with van der Waals surface area (Å²) in [5, 5.41) is 3.30. The predicted molar refractivity (Wildman–Crippen MR) is 68.8 cm³/mol. The summed E-state index contributed by atoms with van der Waals surface area (Å²) in [6, 6.07) is 0.537. The van der Waals surface area contributed by atoms with Crippen molar-refractivity contribution in [2.24, 2.45) is 5.92 Å². The van der Waals surface area contributed by atoms with Crippen LogP contribution in [0.5, 0.6) is 0 Å². The Balaban J connectivity index is 2.99. The Bertz CT molecular complexity index is 140. The molecule has 3 heteroatoms. The smallest absolute Gasteiger partial charge is 0.0701 e. The predicted octanol–water partition coefficient (Wildman–Crippen LogP) is 2.45. The third-order valence-corrected chi connectivity index (χ3v) is 2.62. The Morgan fingerprint density at radius 2 is 1.56 bits per heavy atom. The highest BCUT2D eigenvalue weighted by atomic mass is 16.5. The van der Waals surface area contributed by atoms with Crippen LogP contribution in [-0.2, 0) is 9.47 Å². The van der Waals surface area contributed by atoms with Gasteiger partial charge in [-0.2, -0.15) is 0 Å². The number of ether oxygens (including phenoxy) is 2. The zero-order valence-corrected chi connectivity index (χ0v) is 11.4. The van der Waals surface area contributed by atoms with E-state index in [9.17, 15) is 0 Å². The van der Waals surface area contributed by atoms with E-state index in [2.05, 4.69) is 33.0 Å². The van der Waals surface area contributed by atoms with Crippen molar-refractivity contribution < 1.29 is 9.47 Å². The normalized spacial score (nSPS) is 13.3. The van der Waals surface area contributed by atoms with Gasteiger partial charge in [-0.05, 0) is 12.3 Å². The van der Waals surface area contributed by atoms with Gasteiger partial charge in [0.25, 0.3) is 0 Å². The Hall–Kier alpha value is -0.120. The van der Waals surface area contributed by atoms with Gasteiger partial charge < -0.3 is 14.8 Å². The Morgan fingerprint density at radius 1 is 0.938 bits per heavy atom. The zero-order chi connectivity index (χ0) is 12.2. The second-order valence-corrected chi connectivity index (χ2v) is 4.64. The van der Waals surface area contributed by atoms with Crippen LogP contribution in [0.1, 0.15) is 40.5 Å². The van der Waals surface area contributed by atoms with Gasteiger partial charge in [0.15, 0.2) is 0 Å². The summed E-state index contributed by atoms with van der Waals surface area (Å²) in [4.78, 5) is 0. The maximum absolute atomic E-state index is 5.49. The molecule has 0 aromatic carbocycles. The minimum absolute atomic E-state index is 0.537. The van der Waals surface area contributed by atoms with Gasteiger partial charge >= 0.3 is 0 Å². The largest absolute Gasteiger partial charge is 0.379 e. The average molecular weight is 231 g/mol. The first-order valence-corrected chi connectivity index (χ1v) is 6.55. The van der Waals surface area contributed by atoms with Crippen LogP contribution in [0.2, 0.25) is 0 Å². The van der Waals surface area contributed by atoms with Gasteiger partial charge in [-0.1, -0.05) is 34.1 Å². The molecular formula is C13H29NO2. The van der Waals surface area contributed by atoms with Crippen molar-refractivity contribution in [1.82, 2.24) is 5.32 Å². The monoisotopic (exact) mass is 231 g/mol. The van der Waals surface area contributed by atoms with Crippen LogP contribution >= 0.6 is 0 Å². The molecule has 0 aliphatic carbocycles. The molecule has 0 aromatic heterocycles. The summed E-state index contributed by atoms with van der Waals surface area (Å²) in [6.45, 7) is 12.7. The van der Waals surface area contributed by atoms with Crippen LogP contribution < -0.4 is 5.32 Å². The van der Waals surface area contributed by atoms with Gasteiger partial charge in [-0.25, -0.2) is 0 Å². The number of hydrogen-bond acceptors (Lipinski definition) is 3. The van der Waals surface area contributed by atoms with E-state index in [0.717, 1.165) is 38.7 Å². The molecule has 1 unspecified atom stereocenters. The van der Waals surface area contributed by atoms with E-state index in [4.69, 9.17) is 9.47 Å². The fourth-order valence-electron chi connectivity index (χ4n) is 1.23. The standard InChI is InChI=1S/C13H29NO2/c1-5-13(4)6-8-15-10-11-16-9-7-14-12(2)3/h12-14H,5-11H2,1-4H3. The fourth-order valence-corrected chi connectivity index (χ4v) is 1.23. The van der Waals surface area contributed by atoms with Gasteiger partial charge in [0.05, 0.1) is 19.8 Å². The van der Waals surface area contributed by atoms with E-state index in [1.807, 2.05) is 0 Å². The first-order chi connectivity index (χ1) is 7.66. The molecule has 0 amide bonds.